The third kappa shape index (κ3) is 4.40. The Labute approximate surface area is 160 Å². The fourth-order valence-corrected chi connectivity index (χ4v) is 4.43. The maximum absolute atomic E-state index is 11.2. The van der Waals surface area contributed by atoms with Gasteiger partial charge in [-0.1, -0.05) is 5.16 Å². The summed E-state index contributed by atoms with van der Waals surface area (Å²) in [6, 6.07) is 2.26. The molecule has 146 valence electrons. The van der Waals surface area contributed by atoms with Gasteiger partial charge in [0, 0.05) is 57.6 Å². The number of nitrogens with one attached hydrogen (secondary N) is 1. The van der Waals surface area contributed by atoms with Gasteiger partial charge in [0.25, 0.3) is 0 Å². The predicted molar refractivity (Wildman–Crippen MR) is 105 cm³/mol. The summed E-state index contributed by atoms with van der Waals surface area (Å²) >= 11 is 0. The number of amides is 1. The van der Waals surface area contributed by atoms with Gasteiger partial charge in [-0.05, 0) is 44.6 Å². The molecule has 2 fully saturated rings. The summed E-state index contributed by atoms with van der Waals surface area (Å²) in [5.41, 5.74) is 0.803. The maximum Gasteiger partial charge on any atom is 0.217 e. The normalized spacial score (nSPS) is 24.3. The second-order valence-corrected chi connectivity index (χ2v) is 7.91. The van der Waals surface area contributed by atoms with Crippen LogP contribution in [-0.2, 0) is 4.79 Å². The molecule has 0 spiro atoms. The number of rotatable bonds is 5. The molecule has 27 heavy (non-hydrogen) atoms. The predicted octanol–water partition coefficient (Wildman–Crippen LogP) is 2.43. The highest BCUT2D eigenvalue weighted by molar-refractivity contribution is 5.87. The van der Waals surface area contributed by atoms with E-state index in [0.717, 1.165) is 61.7 Å². The van der Waals surface area contributed by atoms with Crippen molar-refractivity contribution in [2.24, 2.45) is 5.92 Å². The van der Waals surface area contributed by atoms with Gasteiger partial charge in [-0.2, -0.15) is 0 Å². The Morgan fingerprint density at radius 2 is 2.00 bits per heavy atom. The molecular weight excluding hydrogens is 342 g/mol. The van der Waals surface area contributed by atoms with E-state index in [9.17, 15) is 4.79 Å². The number of pyridine rings is 1. The number of hydrogen-bond acceptors (Lipinski definition) is 6. The van der Waals surface area contributed by atoms with Crippen LogP contribution in [0.15, 0.2) is 23.0 Å². The maximum atomic E-state index is 11.2. The first-order chi connectivity index (χ1) is 13.2. The summed E-state index contributed by atoms with van der Waals surface area (Å²) in [7, 11) is 0. The summed E-state index contributed by atoms with van der Waals surface area (Å²) in [5.74, 6) is 1.83. The lowest BCUT2D eigenvalue weighted by molar-refractivity contribution is -0.119. The Morgan fingerprint density at radius 1 is 1.22 bits per heavy atom. The zero-order valence-electron chi connectivity index (χ0n) is 16.1. The van der Waals surface area contributed by atoms with Gasteiger partial charge in [-0.3, -0.25) is 14.7 Å². The SMILES string of the molecule is CC(=O)N[C@H]1CC[C@H](CCN2CCN(c3noc4ccncc34)CC2)CC1. The highest BCUT2D eigenvalue weighted by atomic mass is 16.5. The number of hydrogen-bond donors (Lipinski definition) is 1. The highest BCUT2D eigenvalue weighted by Crippen LogP contribution is 2.28. The van der Waals surface area contributed by atoms with Crippen LogP contribution in [0.3, 0.4) is 0 Å². The van der Waals surface area contributed by atoms with Crippen LogP contribution in [0.5, 0.6) is 0 Å². The van der Waals surface area contributed by atoms with Gasteiger partial charge >= 0.3 is 0 Å². The van der Waals surface area contributed by atoms with Crippen molar-refractivity contribution in [3.05, 3.63) is 18.5 Å². The van der Waals surface area contributed by atoms with Crippen molar-refractivity contribution in [2.45, 2.75) is 45.1 Å². The fraction of sp³-hybridized carbons (Fsp3) is 0.650. The van der Waals surface area contributed by atoms with Crippen LogP contribution in [0.25, 0.3) is 11.0 Å². The second-order valence-electron chi connectivity index (χ2n) is 7.91. The molecule has 0 radical (unpaired) electrons. The number of aromatic nitrogens is 2. The van der Waals surface area contributed by atoms with Gasteiger partial charge < -0.3 is 14.7 Å². The monoisotopic (exact) mass is 371 g/mol. The van der Waals surface area contributed by atoms with Crippen LogP contribution in [-0.4, -0.2) is 59.7 Å². The Morgan fingerprint density at radius 3 is 2.74 bits per heavy atom. The Kier molecular flexibility index (Phi) is 5.57. The van der Waals surface area contributed by atoms with Crippen molar-refractivity contribution in [2.75, 3.05) is 37.6 Å². The highest BCUT2D eigenvalue weighted by Gasteiger charge is 2.24. The van der Waals surface area contributed by atoms with Crippen LogP contribution in [0.2, 0.25) is 0 Å². The summed E-state index contributed by atoms with van der Waals surface area (Å²) in [5, 5.41) is 8.32. The molecule has 2 aromatic rings. The van der Waals surface area contributed by atoms with Crippen LogP contribution in [0.4, 0.5) is 5.82 Å². The van der Waals surface area contributed by atoms with Crippen molar-refractivity contribution in [3.63, 3.8) is 0 Å². The van der Waals surface area contributed by atoms with Gasteiger partial charge in [-0.25, -0.2) is 0 Å². The molecule has 3 heterocycles. The fourth-order valence-electron chi connectivity index (χ4n) is 4.43. The zero-order chi connectivity index (χ0) is 18.6. The standard InChI is InChI=1S/C20H29N5O2/c1-15(26)22-17-4-2-16(3-5-17)7-9-24-10-12-25(13-11-24)20-18-14-21-8-6-19(18)27-23-20/h6,8,14,16-17H,2-5,7,9-13H2,1H3,(H,22,26)/t16-,17-. The molecule has 7 heteroatoms. The summed E-state index contributed by atoms with van der Waals surface area (Å²) in [4.78, 5) is 20.2. The Hall–Kier alpha value is -2.15. The van der Waals surface area contributed by atoms with Crippen LogP contribution in [0.1, 0.15) is 39.0 Å². The number of anilines is 1. The lowest BCUT2D eigenvalue weighted by Gasteiger charge is -2.36. The Balaban J connectivity index is 1.21. The van der Waals surface area contributed by atoms with Crippen molar-refractivity contribution in [3.8, 4) is 0 Å². The largest absolute Gasteiger partial charge is 0.354 e. The third-order valence-corrected chi connectivity index (χ3v) is 6.03. The number of fused-ring (bicyclic) bond motifs is 1. The average molecular weight is 371 g/mol. The summed E-state index contributed by atoms with van der Waals surface area (Å²) in [6.07, 6.45) is 9.58. The lowest BCUT2D eigenvalue weighted by atomic mass is 9.84. The molecule has 1 amide bonds. The third-order valence-electron chi connectivity index (χ3n) is 6.03. The molecule has 1 saturated heterocycles. The van der Waals surface area contributed by atoms with Crippen molar-refractivity contribution in [1.82, 2.24) is 20.4 Å². The first-order valence-electron chi connectivity index (χ1n) is 10.1. The average Bonchev–Trinajstić information content (AvgIpc) is 3.12. The molecule has 2 aromatic heterocycles. The minimum absolute atomic E-state index is 0.104. The quantitative estimate of drug-likeness (QED) is 0.870. The topological polar surface area (TPSA) is 74.5 Å². The van der Waals surface area contributed by atoms with Crippen LogP contribution in [0, 0.1) is 5.92 Å². The van der Waals surface area contributed by atoms with E-state index in [1.807, 2.05) is 12.3 Å². The van der Waals surface area contributed by atoms with E-state index in [0.29, 0.717) is 6.04 Å². The molecule has 7 nitrogen and oxygen atoms in total. The number of piperazine rings is 1. The summed E-state index contributed by atoms with van der Waals surface area (Å²) in [6.45, 7) is 6.87. The molecule has 4 rings (SSSR count). The Bertz CT molecular complexity index is 761. The molecule has 0 bridgehead atoms. The first-order valence-corrected chi connectivity index (χ1v) is 10.1. The van der Waals surface area contributed by atoms with Gasteiger partial charge in [-0.15, -0.1) is 0 Å². The van der Waals surface area contributed by atoms with E-state index in [1.165, 1.54) is 25.8 Å². The first kappa shape index (κ1) is 18.2. The van der Waals surface area contributed by atoms with E-state index in [-0.39, 0.29) is 5.91 Å². The van der Waals surface area contributed by atoms with E-state index in [2.05, 4.69) is 25.3 Å². The van der Waals surface area contributed by atoms with Crippen molar-refractivity contribution >= 4 is 22.7 Å². The lowest BCUT2D eigenvalue weighted by Crippen LogP contribution is -2.47. The molecule has 0 atom stereocenters. The minimum atomic E-state index is 0.104. The molecular formula is C20H29N5O2. The van der Waals surface area contributed by atoms with Crippen molar-refractivity contribution in [1.29, 1.82) is 0 Å². The van der Waals surface area contributed by atoms with Crippen LogP contribution >= 0.6 is 0 Å². The smallest absolute Gasteiger partial charge is 0.217 e. The molecule has 0 aromatic carbocycles. The second kappa shape index (κ2) is 8.25. The van der Waals surface area contributed by atoms with Gasteiger partial charge in [0.15, 0.2) is 11.4 Å². The van der Waals surface area contributed by atoms with E-state index >= 15 is 0 Å². The minimum Gasteiger partial charge on any atom is -0.354 e. The number of nitrogens with zero attached hydrogens (tertiary/aromatic N) is 4. The molecule has 1 N–H and O–H groups in total. The molecule has 0 unspecified atom stereocenters. The van der Waals surface area contributed by atoms with Crippen LogP contribution < -0.4 is 10.2 Å². The molecule has 1 aliphatic carbocycles. The van der Waals surface area contributed by atoms with E-state index in [1.54, 1.807) is 13.1 Å². The van der Waals surface area contributed by atoms with Gasteiger partial charge in [0.1, 0.15) is 0 Å². The van der Waals surface area contributed by atoms with Crippen molar-refractivity contribution < 1.29 is 9.32 Å². The number of carbonyl (C=O) groups excluding carboxylic acids is 1. The van der Waals surface area contributed by atoms with E-state index in [4.69, 9.17) is 4.52 Å². The number of carbonyl (C=O) groups is 1. The van der Waals surface area contributed by atoms with Gasteiger partial charge in [0.2, 0.25) is 5.91 Å². The summed E-state index contributed by atoms with van der Waals surface area (Å²) < 4.78 is 5.42. The van der Waals surface area contributed by atoms with Gasteiger partial charge in [0.05, 0.1) is 5.39 Å². The molecule has 1 aliphatic heterocycles. The zero-order valence-corrected chi connectivity index (χ0v) is 16.1. The van der Waals surface area contributed by atoms with E-state index < -0.39 is 0 Å². The molecule has 2 aliphatic rings. The molecule has 1 saturated carbocycles.